The van der Waals surface area contributed by atoms with Crippen LogP contribution in [0.4, 0.5) is 0 Å². The van der Waals surface area contributed by atoms with Gasteiger partial charge in [0, 0.05) is 17.1 Å². The summed E-state index contributed by atoms with van der Waals surface area (Å²) in [5, 5.41) is 0.680. The molecule has 0 bridgehead atoms. The standard InChI is InChI=1S/C16H22ClNO2/c1-11-9-14(17)7-8-15(11)20-10-16(19)18-12(2)5-4-6-13(18)3/h7-9,12-13H,4-6,10H2,1-3H3/t12-,13-/m1/s1. The molecular weight excluding hydrogens is 274 g/mol. The Morgan fingerprint density at radius 3 is 2.60 bits per heavy atom. The number of halogens is 1. The van der Waals surface area contributed by atoms with Gasteiger partial charge in [0.1, 0.15) is 5.75 Å². The molecule has 1 aliphatic heterocycles. The molecule has 2 atom stereocenters. The Kier molecular flexibility index (Phi) is 4.92. The predicted molar refractivity (Wildman–Crippen MR) is 81.3 cm³/mol. The first-order valence-corrected chi connectivity index (χ1v) is 7.57. The van der Waals surface area contributed by atoms with Crippen LogP contribution < -0.4 is 4.74 Å². The second-order valence-electron chi connectivity index (χ2n) is 5.63. The highest BCUT2D eigenvalue weighted by Gasteiger charge is 2.28. The maximum atomic E-state index is 12.3. The number of piperidine rings is 1. The highest BCUT2D eigenvalue weighted by molar-refractivity contribution is 6.30. The van der Waals surface area contributed by atoms with Crippen molar-refractivity contribution in [3.63, 3.8) is 0 Å². The van der Waals surface area contributed by atoms with E-state index < -0.39 is 0 Å². The molecule has 1 saturated heterocycles. The molecular formula is C16H22ClNO2. The molecule has 1 aromatic carbocycles. The van der Waals surface area contributed by atoms with Crippen LogP contribution in [-0.2, 0) is 4.79 Å². The monoisotopic (exact) mass is 295 g/mol. The Balaban J connectivity index is 1.97. The number of carbonyl (C=O) groups is 1. The number of hydrogen-bond donors (Lipinski definition) is 0. The lowest BCUT2D eigenvalue weighted by Gasteiger charge is -2.39. The van der Waals surface area contributed by atoms with Crippen molar-refractivity contribution >= 4 is 17.5 Å². The lowest BCUT2D eigenvalue weighted by molar-refractivity contribution is -0.139. The summed E-state index contributed by atoms with van der Waals surface area (Å²) in [5.41, 5.74) is 0.949. The maximum Gasteiger partial charge on any atom is 0.260 e. The second kappa shape index (κ2) is 6.49. The fourth-order valence-electron chi connectivity index (χ4n) is 2.90. The minimum absolute atomic E-state index is 0.0686. The number of ether oxygens (including phenoxy) is 1. The van der Waals surface area contributed by atoms with E-state index in [1.165, 1.54) is 6.42 Å². The van der Waals surface area contributed by atoms with E-state index in [9.17, 15) is 4.79 Å². The van der Waals surface area contributed by atoms with Crippen LogP contribution in [0.25, 0.3) is 0 Å². The molecule has 2 rings (SSSR count). The lowest BCUT2D eigenvalue weighted by Crippen LogP contribution is -2.49. The van der Waals surface area contributed by atoms with Gasteiger partial charge in [0.15, 0.2) is 6.61 Å². The van der Waals surface area contributed by atoms with Crippen molar-refractivity contribution in [2.24, 2.45) is 0 Å². The number of aryl methyl sites for hydroxylation is 1. The van der Waals surface area contributed by atoms with Crippen molar-refractivity contribution in [2.75, 3.05) is 6.61 Å². The number of nitrogens with zero attached hydrogens (tertiary/aromatic N) is 1. The van der Waals surface area contributed by atoms with Gasteiger partial charge in [0.05, 0.1) is 0 Å². The zero-order chi connectivity index (χ0) is 14.7. The average molecular weight is 296 g/mol. The second-order valence-corrected chi connectivity index (χ2v) is 6.06. The van der Waals surface area contributed by atoms with Crippen LogP contribution in [0.15, 0.2) is 18.2 Å². The normalized spacial score (nSPS) is 22.7. The molecule has 4 heteroatoms. The van der Waals surface area contributed by atoms with Crippen LogP contribution in [0.2, 0.25) is 5.02 Å². The minimum atomic E-state index is 0.0686. The summed E-state index contributed by atoms with van der Waals surface area (Å²) in [6.07, 6.45) is 3.36. The number of carbonyl (C=O) groups excluding carboxylic acids is 1. The van der Waals surface area contributed by atoms with Gasteiger partial charge in [-0.3, -0.25) is 4.79 Å². The summed E-state index contributed by atoms with van der Waals surface area (Å²) < 4.78 is 5.65. The van der Waals surface area contributed by atoms with Gasteiger partial charge in [0.2, 0.25) is 0 Å². The molecule has 3 nitrogen and oxygen atoms in total. The average Bonchev–Trinajstić information content (AvgIpc) is 2.37. The molecule has 110 valence electrons. The first kappa shape index (κ1) is 15.2. The van der Waals surface area contributed by atoms with E-state index in [1.54, 1.807) is 6.07 Å². The smallest absolute Gasteiger partial charge is 0.260 e. The molecule has 0 unspecified atom stereocenters. The van der Waals surface area contributed by atoms with Crippen LogP contribution in [0.3, 0.4) is 0 Å². The Morgan fingerprint density at radius 2 is 2.00 bits per heavy atom. The van der Waals surface area contributed by atoms with Gasteiger partial charge in [-0.2, -0.15) is 0 Å². The number of likely N-dealkylation sites (tertiary alicyclic amines) is 1. The highest BCUT2D eigenvalue weighted by atomic mass is 35.5. The molecule has 20 heavy (non-hydrogen) atoms. The van der Waals surface area contributed by atoms with Gasteiger partial charge < -0.3 is 9.64 Å². The van der Waals surface area contributed by atoms with Crippen molar-refractivity contribution in [2.45, 2.75) is 52.1 Å². The van der Waals surface area contributed by atoms with E-state index in [-0.39, 0.29) is 12.5 Å². The maximum absolute atomic E-state index is 12.3. The zero-order valence-electron chi connectivity index (χ0n) is 12.4. The van der Waals surface area contributed by atoms with Crippen LogP contribution in [0.5, 0.6) is 5.75 Å². The Morgan fingerprint density at radius 1 is 1.35 bits per heavy atom. The van der Waals surface area contributed by atoms with Crippen molar-refractivity contribution in [1.29, 1.82) is 0 Å². The molecule has 1 amide bonds. The van der Waals surface area contributed by atoms with Crippen molar-refractivity contribution < 1.29 is 9.53 Å². The van der Waals surface area contributed by atoms with Gasteiger partial charge in [-0.05, 0) is 63.8 Å². The van der Waals surface area contributed by atoms with Gasteiger partial charge in [-0.25, -0.2) is 0 Å². The third kappa shape index (κ3) is 3.45. The third-order valence-electron chi connectivity index (χ3n) is 3.97. The quantitative estimate of drug-likeness (QED) is 0.848. The largest absolute Gasteiger partial charge is 0.483 e. The van der Waals surface area contributed by atoms with Gasteiger partial charge >= 0.3 is 0 Å². The predicted octanol–water partition coefficient (Wildman–Crippen LogP) is 3.82. The molecule has 0 N–H and O–H groups in total. The fourth-order valence-corrected chi connectivity index (χ4v) is 3.13. The molecule has 1 aromatic rings. The van der Waals surface area contributed by atoms with E-state index >= 15 is 0 Å². The van der Waals surface area contributed by atoms with Crippen LogP contribution >= 0.6 is 11.6 Å². The first-order valence-electron chi connectivity index (χ1n) is 7.19. The number of benzene rings is 1. The van der Waals surface area contributed by atoms with E-state index in [2.05, 4.69) is 13.8 Å². The Hall–Kier alpha value is -1.22. The summed E-state index contributed by atoms with van der Waals surface area (Å²) in [5.74, 6) is 0.791. The van der Waals surface area contributed by atoms with Crippen molar-refractivity contribution in [3.05, 3.63) is 28.8 Å². The number of hydrogen-bond acceptors (Lipinski definition) is 2. The fraction of sp³-hybridized carbons (Fsp3) is 0.562. The summed E-state index contributed by atoms with van der Waals surface area (Å²) in [6.45, 7) is 6.25. The zero-order valence-corrected chi connectivity index (χ0v) is 13.1. The Bertz CT molecular complexity index is 479. The minimum Gasteiger partial charge on any atom is -0.483 e. The molecule has 1 aliphatic rings. The van der Waals surface area contributed by atoms with Crippen LogP contribution in [-0.4, -0.2) is 29.5 Å². The molecule has 0 aliphatic carbocycles. The molecule has 1 heterocycles. The van der Waals surface area contributed by atoms with E-state index in [0.717, 1.165) is 24.2 Å². The summed E-state index contributed by atoms with van der Waals surface area (Å²) in [7, 11) is 0. The number of rotatable bonds is 3. The molecule has 0 radical (unpaired) electrons. The number of amides is 1. The topological polar surface area (TPSA) is 29.5 Å². The summed E-state index contributed by atoms with van der Waals surface area (Å²) in [4.78, 5) is 14.3. The molecule has 0 aromatic heterocycles. The third-order valence-corrected chi connectivity index (χ3v) is 4.20. The van der Waals surface area contributed by atoms with E-state index in [0.29, 0.717) is 17.1 Å². The summed E-state index contributed by atoms with van der Waals surface area (Å²) >= 11 is 5.91. The molecule has 0 spiro atoms. The SMILES string of the molecule is Cc1cc(Cl)ccc1OCC(=O)N1[C@H](C)CCC[C@H]1C. The lowest BCUT2D eigenvalue weighted by atomic mass is 9.97. The van der Waals surface area contributed by atoms with Gasteiger partial charge in [-0.15, -0.1) is 0 Å². The van der Waals surface area contributed by atoms with E-state index in [1.807, 2.05) is 24.0 Å². The van der Waals surface area contributed by atoms with Crippen molar-refractivity contribution in [1.82, 2.24) is 4.90 Å². The van der Waals surface area contributed by atoms with Gasteiger partial charge in [-0.1, -0.05) is 11.6 Å². The highest BCUT2D eigenvalue weighted by Crippen LogP contribution is 2.24. The molecule has 1 fully saturated rings. The van der Waals surface area contributed by atoms with Gasteiger partial charge in [0.25, 0.3) is 5.91 Å². The molecule has 0 saturated carbocycles. The first-order chi connectivity index (χ1) is 9.49. The summed E-state index contributed by atoms with van der Waals surface area (Å²) in [6, 6.07) is 6.05. The van der Waals surface area contributed by atoms with Crippen molar-refractivity contribution in [3.8, 4) is 5.75 Å². The van der Waals surface area contributed by atoms with E-state index in [4.69, 9.17) is 16.3 Å². The Labute approximate surface area is 125 Å². The van der Waals surface area contributed by atoms with Crippen LogP contribution in [0.1, 0.15) is 38.7 Å². The van der Waals surface area contributed by atoms with Crippen LogP contribution in [0, 0.1) is 6.92 Å².